The van der Waals surface area contributed by atoms with Crippen molar-refractivity contribution in [3.8, 4) is 11.4 Å². The van der Waals surface area contributed by atoms with Crippen LogP contribution in [0.1, 0.15) is 33.3 Å². The summed E-state index contributed by atoms with van der Waals surface area (Å²) < 4.78 is 7.05. The number of aryl methyl sites for hydroxylation is 1. The first-order valence-corrected chi connectivity index (χ1v) is 10.1. The molecule has 0 spiro atoms. The summed E-state index contributed by atoms with van der Waals surface area (Å²) in [7, 11) is 1.62. The maximum absolute atomic E-state index is 12.7. The van der Waals surface area contributed by atoms with Gasteiger partial charge in [-0.1, -0.05) is 45.5 Å². The number of tetrazole rings is 1. The molecular weight excluding hydrogens is 362 g/mol. The number of thioether (sulfide) groups is 1. The van der Waals surface area contributed by atoms with E-state index in [1.165, 1.54) is 11.8 Å². The van der Waals surface area contributed by atoms with E-state index < -0.39 is 0 Å². The molecule has 1 heterocycles. The molecule has 0 bridgehead atoms. The van der Waals surface area contributed by atoms with Gasteiger partial charge in [-0.3, -0.25) is 4.79 Å². The summed E-state index contributed by atoms with van der Waals surface area (Å²) in [6.45, 7) is 12.0. The summed E-state index contributed by atoms with van der Waals surface area (Å²) in [5.41, 5.74) is 1.84. The molecule has 0 aliphatic heterocycles. The van der Waals surface area contributed by atoms with Crippen molar-refractivity contribution in [2.24, 2.45) is 11.8 Å². The number of nitrogens with zero attached hydrogens (tertiary/aromatic N) is 5. The monoisotopic (exact) mass is 391 g/mol. The maximum atomic E-state index is 12.7. The predicted octanol–water partition coefficient (Wildman–Crippen LogP) is 3.21. The van der Waals surface area contributed by atoms with Crippen LogP contribution >= 0.6 is 11.8 Å². The first kappa shape index (κ1) is 21.2. The number of rotatable bonds is 9. The van der Waals surface area contributed by atoms with Crippen LogP contribution in [0.15, 0.2) is 23.4 Å². The standard InChI is InChI=1S/C19H29N5O2S/c1-13(2)10-23(11-14(3)4)18(25)12-27-19-20-21-22-24(19)16-9-15(5)7-8-17(16)26-6/h7-9,13-14H,10-12H2,1-6H3. The molecule has 1 aromatic heterocycles. The summed E-state index contributed by atoms with van der Waals surface area (Å²) in [4.78, 5) is 14.7. The zero-order chi connectivity index (χ0) is 20.0. The molecule has 0 N–H and O–H groups in total. The van der Waals surface area contributed by atoms with E-state index in [-0.39, 0.29) is 5.91 Å². The Morgan fingerprint density at radius 2 is 1.89 bits per heavy atom. The van der Waals surface area contributed by atoms with E-state index in [0.717, 1.165) is 24.3 Å². The van der Waals surface area contributed by atoms with Crippen LogP contribution in [0.25, 0.3) is 5.69 Å². The van der Waals surface area contributed by atoms with Crippen molar-refractivity contribution in [3.63, 3.8) is 0 Å². The summed E-state index contributed by atoms with van der Waals surface area (Å²) in [5.74, 6) is 1.95. The van der Waals surface area contributed by atoms with Gasteiger partial charge in [0.05, 0.1) is 12.9 Å². The van der Waals surface area contributed by atoms with E-state index in [2.05, 4.69) is 43.2 Å². The third kappa shape index (κ3) is 5.95. The Morgan fingerprint density at radius 3 is 2.48 bits per heavy atom. The number of methoxy groups -OCH3 is 1. The Morgan fingerprint density at radius 1 is 1.22 bits per heavy atom. The largest absolute Gasteiger partial charge is 0.494 e. The predicted molar refractivity (Wildman–Crippen MR) is 107 cm³/mol. The molecule has 0 fully saturated rings. The molecule has 148 valence electrons. The Balaban J connectivity index is 2.15. The molecule has 2 aromatic rings. The molecule has 1 aromatic carbocycles. The molecular formula is C19H29N5O2S. The second-order valence-electron chi connectivity index (χ2n) is 7.42. The van der Waals surface area contributed by atoms with Crippen molar-refractivity contribution in [3.05, 3.63) is 23.8 Å². The van der Waals surface area contributed by atoms with Gasteiger partial charge in [-0.2, -0.15) is 4.68 Å². The van der Waals surface area contributed by atoms with Gasteiger partial charge >= 0.3 is 0 Å². The Bertz CT molecular complexity index is 750. The minimum absolute atomic E-state index is 0.105. The zero-order valence-electron chi connectivity index (χ0n) is 17.0. The summed E-state index contributed by atoms with van der Waals surface area (Å²) in [6.07, 6.45) is 0. The van der Waals surface area contributed by atoms with Gasteiger partial charge in [-0.15, -0.1) is 5.10 Å². The van der Waals surface area contributed by atoms with Gasteiger partial charge in [-0.25, -0.2) is 0 Å². The van der Waals surface area contributed by atoms with Gasteiger partial charge in [0, 0.05) is 13.1 Å². The fraction of sp³-hybridized carbons (Fsp3) is 0.579. The second-order valence-corrected chi connectivity index (χ2v) is 8.37. The van der Waals surface area contributed by atoms with E-state index in [1.807, 2.05) is 30.0 Å². The maximum Gasteiger partial charge on any atom is 0.233 e. The molecule has 0 unspecified atom stereocenters. The Labute approximate surface area is 165 Å². The minimum atomic E-state index is 0.105. The number of aromatic nitrogens is 4. The van der Waals surface area contributed by atoms with E-state index in [4.69, 9.17) is 4.74 Å². The van der Waals surface area contributed by atoms with Gasteiger partial charge in [0.2, 0.25) is 11.1 Å². The molecule has 2 rings (SSSR count). The zero-order valence-corrected chi connectivity index (χ0v) is 17.8. The molecule has 8 heteroatoms. The Kier molecular flexibility index (Phi) is 7.65. The lowest BCUT2D eigenvalue weighted by Crippen LogP contribution is -2.38. The number of hydrogen-bond donors (Lipinski definition) is 0. The highest BCUT2D eigenvalue weighted by molar-refractivity contribution is 7.99. The lowest BCUT2D eigenvalue weighted by molar-refractivity contribution is -0.129. The summed E-state index contributed by atoms with van der Waals surface area (Å²) >= 11 is 1.34. The second kappa shape index (κ2) is 9.73. The molecule has 0 saturated carbocycles. The summed E-state index contributed by atoms with van der Waals surface area (Å²) in [5, 5.41) is 12.5. The molecule has 0 aliphatic rings. The summed E-state index contributed by atoms with van der Waals surface area (Å²) in [6, 6.07) is 5.82. The van der Waals surface area contributed by atoms with Crippen molar-refractivity contribution < 1.29 is 9.53 Å². The average Bonchev–Trinajstić information content (AvgIpc) is 3.06. The number of carbonyl (C=O) groups excluding carboxylic acids is 1. The van der Waals surface area contributed by atoms with Crippen LogP contribution in [0.5, 0.6) is 5.75 Å². The van der Waals surface area contributed by atoms with Gasteiger partial charge in [-0.05, 0) is 46.9 Å². The smallest absolute Gasteiger partial charge is 0.233 e. The van der Waals surface area contributed by atoms with Crippen LogP contribution in [0, 0.1) is 18.8 Å². The fourth-order valence-electron chi connectivity index (χ4n) is 2.76. The van der Waals surface area contributed by atoms with Crippen LogP contribution in [-0.4, -0.2) is 57.0 Å². The average molecular weight is 392 g/mol. The highest BCUT2D eigenvalue weighted by Gasteiger charge is 2.19. The number of benzene rings is 1. The highest BCUT2D eigenvalue weighted by Crippen LogP contribution is 2.27. The SMILES string of the molecule is COc1ccc(C)cc1-n1nnnc1SCC(=O)N(CC(C)C)CC(C)C. The highest BCUT2D eigenvalue weighted by atomic mass is 32.2. The number of hydrogen-bond acceptors (Lipinski definition) is 6. The van der Waals surface area contributed by atoms with E-state index >= 15 is 0 Å². The van der Waals surface area contributed by atoms with Crippen molar-refractivity contribution in [1.82, 2.24) is 25.1 Å². The van der Waals surface area contributed by atoms with E-state index in [1.54, 1.807) is 11.8 Å². The van der Waals surface area contributed by atoms with Crippen molar-refractivity contribution >= 4 is 17.7 Å². The molecule has 0 radical (unpaired) electrons. The third-order valence-corrected chi connectivity index (χ3v) is 4.76. The normalized spacial score (nSPS) is 11.3. The number of ether oxygens (including phenoxy) is 1. The van der Waals surface area contributed by atoms with Crippen molar-refractivity contribution in [1.29, 1.82) is 0 Å². The molecule has 7 nitrogen and oxygen atoms in total. The van der Waals surface area contributed by atoms with Crippen LogP contribution in [0.4, 0.5) is 0 Å². The first-order chi connectivity index (χ1) is 12.8. The third-order valence-electron chi connectivity index (χ3n) is 3.85. The molecule has 0 aliphatic carbocycles. The minimum Gasteiger partial charge on any atom is -0.494 e. The molecule has 1 amide bonds. The lowest BCUT2D eigenvalue weighted by Gasteiger charge is -2.26. The van der Waals surface area contributed by atoms with Crippen LogP contribution in [0.3, 0.4) is 0 Å². The molecule has 0 saturated heterocycles. The van der Waals surface area contributed by atoms with E-state index in [9.17, 15) is 4.79 Å². The van der Waals surface area contributed by atoms with Crippen molar-refractivity contribution in [2.75, 3.05) is 26.0 Å². The molecule has 27 heavy (non-hydrogen) atoms. The Hall–Kier alpha value is -2.09. The molecule has 0 atom stereocenters. The van der Waals surface area contributed by atoms with Gasteiger partial charge in [0.1, 0.15) is 11.4 Å². The van der Waals surface area contributed by atoms with Gasteiger partial charge in [0.25, 0.3) is 0 Å². The van der Waals surface area contributed by atoms with Crippen molar-refractivity contribution in [2.45, 2.75) is 39.8 Å². The number of carbonyl (C=O) groups is 1. The lowest BCUT2D eigenvalue weighted by atomic mass is 10.1. The van der Waals surface area contributed by atoms with Crippen LogP contribution in [0.2, 0.25) is 0 Å². The van der Waals surface area contributed by atoms with Gasteiger partial charge < -0.3 is 9.64 Å². The van der Waals surface area contributed by atoms with E-state index in [0.29, 0.717) is 28.5 Å². The van der Waals surface area contributed by atoms with Gasteiger partial charge in [0.15, 0.2) is 0 Å². The van der Waals surface area contributed by atoms with Crippen LogP contribution in [-0.2, 0) is 4.79 Å². The van der Waals surface area contributed by atoms with Crippen LogP contribution < -0.4 is 4.74 Å². The fourth-order valence-corrected chi connectivity index (χ4v) is 3.55. The number of amides is 1. The first-order valence-electron chi connectivity index (χ1n) is 9.15. The topological polar surface area (TPSA) is 73.1 Å². The quantitative estimate of drug-likeness (QED) is 0.611.